The second-order valence-corrected chi connectivity index (χ2v) is 7.80. The first-order valence-electron chi connectivity index (χ1n) is 10.2. The number of nitrogens with two attached hydrogens (primary N) is 1. The molecule has 1 aromatic heterocycles. The van der Waals surface area contributed by atoms with Crippen molar-refractivity contribution >= 4 is 22.5 Å². The van der Waals surface area contributed by atoms with E-state index < -0.39 is 5.91 Å². The van der Waals surface area contributed by atoms with Gasteiger partial charge < -0.3 is 15.6 Å². The summed E-state index contributed by atoms with van der Waals surface area (Å²) in [5, 5.41) is 0.989. The van der Waals surface area contributed by atoms with Crippen molar-refractivity contribution in [1.29, 1.82) is 0 Å². The SMILES string of the molecule is C=CC(=C)N(CC1CCCC1)c1cccc(-c2ccc(C(N)=O)c3[nH]ccc23)c1. The zero-order valence-corrected chi connectivity index (χ0v) is 16.7. The first-order chi connectivity index (χ1) is 14.1. The zero-order valence-electron chi connectivity index (χ0n) is 16.7. The number of carbonyl (C=O) groups excluding carboxylic acids is 1. The summed E-state index contributed by atoms with van der Waals surface area (Å²) in [6.45, 7) is 9.12. The largest absolute Gasteiger partial charge is 0.366 e. The Morgan fingerprint density at radius 2 is 2.00 bits per heavy atom. The van der Waals surface area contributed by atoms with E-state index in [1.807, 2.05) is 24.4 Å². The summed E-state index contributed by atoms with van der Waals surface area (Å²) in [5.74, 6) is 0.268. The van der Waals surface area contributed by atoms with Gasteiger partial charge in [-0.15, -0.1) is 0 Å². The Labute approximate surface area is 171 Å². The normalized spacial score (nSPS) is 14.2. The zero-order chi connectivity index (χ0) is 20.4. The number of primary amides is 1. The number of nitrogens with zero attached hydrogens (tertiary/aromatic N) is 1. The van der Waals surface area contributed by atoms with Gasteiger partial charge in [-0.25, -0.2) is 0 Å². The molecule has 1 saturated carbocycles. The Balaban J connectivity index is 1.74. The minimum absolute atomic E-state index is 0.428. The van der Waals surface area contributed by atoms with E-state index in [1.54, 1.807) is 6.07 Å². The number of allylic oxidation sites excluding steroid dienone is 1. The number of fused-ring (bicyclic) bond motifs is 1. The van der Waals surface area contributed by atoms with E-state index in [4.69, 9.17) is 5.73 Å². The Morgan fingerprint density at radius 1 is 1.21 bits per heavy atom. The fourth-order valence-corrected chi connectivity index (χ4v) is 4.40. The molecule has 1 heterocycles. The molecule has 4 rings (SSSR count). The maximum Gasteiger partial charge on any atom is 0.250 e. The lowest BCUT2D eigenvalue weighted by molar-refractivity contribution is 0.100. The number of amides is 1. The molecule has 0 unspecified atom stereocenters. The summed E-state index contributed by atoms with van der Waals surface area (Å²) in [6.07, 6.45) is 8.86. The molecule has 0 atom stereocenters. The standard InChI is InChI=1S/C25H27N3O/c1-3-17(2)28(16-18-7-4-5-8-18)20-10-6-9-19(15-20)21-11-12-23(25(26)29)24-22(21)13-14-27-24/h3,6,9-15,18,27H,1-2,4-5,7-8,16H2,(H2,26,29). The van der Waals surface area contributed by atoms with Crippen LogP contribution in [0.1, 0.15) is 36.0 Å². The number of benzene rings is 2. The fraction of sp³-hybridized carbons (Fsp3) is 0.240. The van der Waals surface area contributed by atoms with Gasteiger partial charge in [0.25, 0.3) is 5.91 Å². The third kappa shape index (κ3) is 3.70. The minimum atomic E-state index is -0.428. The van der Waals surface area contributed by atoms with Crippen molar-refractivity contribution in [2.75, 3.05) is 11.4 Å². The van der Waals surface area contributed by atoms with Crippen LogP contribution in [0, 0.1) is 5.92 Å². The summed E-state index contributed by atoms with van der Waals surface area (Å²) in [6, 6.07) is 14.2. The van der Waals surface area contributed by atoms with Crippen molar-refractivity contribution < 1.29 is 4.79 Å². The van der Waals surface area contributed by atoms with Gasteiger partial charge in [-0.1, -0.05) is 44.2 Å². The highest BCUT2D eigenvalue weighted by Gasteiger charge is 2.20. The van der Waals surface area contributed by atoms with Crippen LogP contribution >= 0.6 is 0 Å². The summed E-state index contributed by atoms with van der Waals surface area (Å²) in [7, 11) is 0. The molecule has 3 N–H and O–H groups in total. The Hall–Kier alpha value is -3.27. The Kier molecular flexibility index (Phi) is 5.26. The number of hydrogen-bond donors (Lipinski definition) is 2. The number of anilines is 1. The van der Waals surface area contributed by atoms with Crippen LogP contribution in [0.3, 0.4) is 0 Å². The van der Waals surface area contributed by atoms with E-state index in [9.17, 15) is 4.79 Å². The molecule has 1 aliphatic carbocycles. The lowest BCUT2D eigenvalue weighted by Gasteiger charge is -2.28. The van der Waals surface area contributed by atoms with E-state index in [0.717, 1.165) is 40.0 Å². The molecular formula is C25H27N3O. The number of aromatic amines is 1. The number of H-pyrrole nitrogens is 1. The first-order valence-corrected chi connectivity index (χ1v) is 10.2. The van der Waals surface area contributed by atoms with Gasteiger partial charge in [0.05, 0.1) is 11.1 Å². The lowest BCUT2D eigenvalue weighted by atomic mass is 9.98. The van der Waals surface area contributed by atoms with Crippen LogP contribution in [-0.2, 0) is 0 Å². The molecule has 29 heavy (non-hydrogen) atoms. The van der Waals surface area contributed by atoms with Gasteiger partial charge in [0.2, 0.25) is 0 Å². The van der Waals surface area contributed by atoms with Gasteiger partial charge in [-0.2, -0.15) is 0 Å². The minimum Gasteiger partial charge on any atom is -0.366 e. The van der Waals surface area contributed by atoms with Gasteiger partial charge in [0.1, 0.15) is 0 Å². The van der Waals surface area contributed by atoms with E-state index >= 15 is 0 Å². The number of rotatable bonds is 7. The van der Waals surface area contributed by atoms with Gasteiger partial charge >= 0.3 is 0 Å². The predicted octanol–water partition coefficient (Wildman–Crippen LogP) is 5.63. The maximum absolute atomic E-state index is 11.8. The third-order valence-electron chi connectivity index (χ3n) is 5.96. The molecular weight excluding hydrogens is 358 g/mol. The predicted molar refractivity (Wildman–Crippen MR) is 121 cm³/mol. The molecule has 0 radical (unpaired) electrons. The first kappa shape index (κ1) is 19.1. The van der Waals surface area contributed by atoms with Crippen LogP contribution in [-0.4, -0.2) is 17.4 Å². The molecule has 1 aliphatic rings. The highest BCUT2D eigenvalue weighted by molar-refractivity contribution is 6.09. The molecule has 0 saturated heterocycles. The second kappa shape index (κ2) is 8.00. The molecule has 0 spiro atoms. The summed E-state index contributed by atoms with van der Waals surface area (Å²) in [5.41, 5.74) is 11.0. The van der Waals surface area contributed by atoms with Crippen molar-refractivity contribution in [1.82, 2.24) is 4.98 Å². The highest BCUT2D eigenvalue weighted by Crippen LogP contribution is 2.34. The van der Waals surface area contributed by atoms with Gasteiger partial charge in [-0.05, 0) is 60.2 Å². The molecule has 4 nitrogen and oxygen atoms in total. The van der Waals surface area contributed by atoms with Crippen molar-refractivity contribution in [3.8, 4) is 11.1 Å². The second-order valence-electron chi connectivity index (χ2n) is 7.80. The van der Waals surface area contributed by atoms with Crippen LogP contribution in [0.15, 0.2) is 73.6 Å². The number of nitrogens with one attached hydrogen (secondary N) is 1. The molecule has 1 amide bonds. The fourth-order valence-electron chi connectivity index (χ4n) is 4.40. The van der Waals surface area contributed by atoms with Gasteiger partial charge in [-0.3, -0.25) is 4.79 Å². The average molecular weight is 386 g/mol. The van der Waals surface area contributed by atoms with E-state index in [2.05, 4.69) is 47.3 Å². The van der Waals surface area contributed by atoms with Crippen LogP contribution in [0.25, 0.3) is 22.0 Å². The molecule has 148 valence electrons. The summed E-state index contributed by atoms with van der Waals surface area (Å²) < 4.78 is 0. The molecule has 0 bridgehead atoms. The summed E-state index contributed by atoms with van der Waals surface area (Å²) in [4.78, 5) is 17.2. The summed E-state index contributed by atoms with van der Waals surface area (Å²) >= 11 is 0. The van der Waals surface area contributed by atoms with E-state index in [0.29, 0.717) is 11.5 Å². The highest BCUT2D eigenvalue weighted by atomic mass is 16.1. The molecule has 3 aromatic rings. The van der Waals surface area contributed by atoms with Crippen molar-refractivity contribution in [2.24, 2.45) is 11.7 Å². The molecule has 4 heteroatoms. The molecule has 1 fully saturated rings. The van der Waals surface area contributed by atoms with Crippen LogP contribution in [0.2, 0.25) is 0 Å². The van der Waals surface area contributed by atoms with Gasteiger partial charge in [0, 0.05) is 29.5 Å². The van der Waals surface area contributed by atoms with Crippen LogP contribution in [0.4, 0.5) is 5.69 Å². The smallest absolute Gasteiger partial charge is 0.250 e. The topological polar surface area (TPSA) is 62.1 Å². The molecule has 2 aromatic carbocycles. The van der Waals surface area contributed by atoms with E-state index in [-0.39, 0.29) is 0 Å². The Bertz CT molecular complexity index is 1070. The van der Waals surface area contributed by atoms with Gasteiger partial charge in [0.15, 0.2) is 0 Å². The third-order valence-corrected chi connectivity index (χ3v) is 5.96. The van der Waals surface area contributed by atoms with Crippen LogP contribution < -0.4 is 10.6 Å². The van der Waals surface area contributed by atoms with Crippen molar-refractivity contribution in [3.05, 3.63) is 79.2 Å². The van der Waals surface area contributed by atoms with Crippen LogP contribution in [0.5, 0.6) is 0 Å². The van der Waals surface area contributed by atoms with E-state index in [1.165, 1.54) is 25.7 Å². The average Bonchev–Trinajstić information content (AvgIpc) is 3.42. The quantitative estimate of drug-likeness (QED) is 0.518. The number of aromatic nitrogens is 1. The van der Waals surface area contributed by atoms with Crippen molar-refractivity contribution in [2.45, 2.75) is 25.7 Å². The number of hydrogen-bond acceptors (Lipinski definition) is 2. The van der Waals surface area contributed by atoms with Crippen molar-refractivity contribution in [3.63, 3.8) is 0 Å². The molecule has 0 aliphatic heterocycles. The number of carbonyl (C=O) groups is 1. The lowest BCUT2D eigenvalue weighted by Crippen LogP contribution is -2.26. The Morgan fingerprint density at radius 3 is 2.72 bits per heavy atom. The monoisotopic (exact) mass is 385 g/mol. The maximum atomic E-state index is 11.8.